The molecule has 0 saturated heterocycles. The summed E-state index contributed by atoms with van der Waals surface area (Å²) in [5.74, 6) is 3.22. The van der Waals surface area contributed by atoms with E-state index in [0.717, 1.165) is 17.8 Å². The maximum absolute atomic E-state index is 2.52. The molecule has 2 unspecified atom stereocenters. The third kappa shape index (κ3) is 3.23. The summed E-state index contributed by atoms with van der Waals surface area (Å²) in [6, 6.07) is 0. The second kappa shape index (κ2) is 5.92. The van der Waals surface area contributed by atoms with Gasteiger partial charge in [0.15, 0.2) is 0 Å². The van der Waals surface area contributed by atoms with Crippen molar-refractivity contribution in [2.75, 3.05) is 0 Å². The van der Waals surface area contributed by atoms with Gasteiger partial charge in [-0.2, -0.15) is 0 Å². The van der Waals surface area contributed by atoms with Gasteiger partial charge in [0.2, 0.25) is 0 Å². The summed E-state index contributed by atoms with van der Waals surface area (Å²) in [6.45, 7) is 2.52. The van der Waals surface area contributed by atoms with Crippen LogP contribution in [0.4, 0.5) is 0 Å². The molecule has 2 aliphatic carbocycles. The molecule has 2 saturated carbocycles. The highest BCUT2D eigenvalue weighted by atomic mass is 14.3. The molecule has 2 atom stereocenters. The van der Waals surface area contributed by atoms with Crippen LogP contribution in [0.3, 0.4) is 0 Å². The van der Waals surface area contributed by atoms with E-state index in [4.69, 9.17) is 0 Å². The molecule has 0 spiro atoms. The van der Waals surface area contributed by atoms with E-state index in [9.17, 15) is 0 Å². The van der Waals surface area contributed by atoms with Crippen molar-refractivity contribution in [2.45, 2.75) is 77.6 Å². The van der Waals surface area contributed by atoms with Gasteiger partial charge < -0.3 is 0 Å². The molecule has 0 bridgehead atoms. The van der Waals surface area contributed by atoms with Gasteiger partial charge in [-0.25, -0.2) is 0 Å². The fourth-order valence-electron chi connectivity index (χ4n) is 3.96. The maximum Gasteiger partial charge on any atom is -0.0360 e. The molecule has 2 aliphatic rings. The zero-order valence-electron chi connectivity index (χ0n) is 10.5. The number of rotatable bonds is 1. The lowest BCUT2D eigenvalue weighted by atomic mass is 9.69. The first-order valence-electron chi connectivity index (χ1n) is 7.38. The zero-order valence-corrected chi connectivity index (χ0v) is 10.5. The molecular weight excluding hydrogens is 180 g/mol. The summed E-state index contributed by atoms with van der Waals surface area (Å²) >= 11 is 0. The van der Waals surface area contributed by atoms with Gasteiger partial charge in [0.1, 0.15) is 0 Å². The molecule has 0 radical (unpaired) electrons. The highest BCUT2D eigenvalue weighted by Gasteiger charge is 2.28. The van der Waals surface area contributed by atoms with Gasteiger partial charge in [-0.15, -0.1) is 0 Å². The maximum atomic E-state index is 2.52. The first-order valence-corrected chi connectivity index (χ1v) is 7.38. The van der Waals surface area contributed by atoms with Crippen LogP contribution in [0.1, 0.15) is 77.6 Å². The van der Waals surface area contributed by atoms with Crippen LogP contribution in [0.2, 0.25) is 0 Å². The van der Waals surface area contributed by atoms with E-state index in [1.54, 1.807) is 19.3 Å². The minimum absolute atomic E-state index is 1.03. The molecule has 0 aromatic heterocycles. The van der Waals surface area contributed by atoms with Crippen LogP contribution in [0, 0.1) is 17.8 Å². The van der Waals surface area contributed by atoms with Crippen molar-refractivity contribution >= 4 is 0 Å². The Morgan fingerprint density at radius 3 is 1.80 bits per heavy atom. The number of hydrogen-bond donors (Lipinski definition) is 0. The third-order valence-corrected chi connectivity index (χ3v) is 4.93. The van der Waals surface area contributed by atoms with Gasteiger partial charge in [-0.3, -0.25) is 0 Å². The average molecular weight is 208 g/mol. The first kappa shape index (κ1) is 11.5. The summed E-state index contributed by atoms with van der Waals surface area (Å²) in [5, 5.41) is 0. The zero-order chi connectivity index (χ0) is 10.5. The fraction of sp³-hybridized carbons (Fsp3) is 1.00. The Balaban J connectivity index is 1.87. The highest BCUT2D eigenvalue weighted by molar-refractivity contribution is 4.79. The van der Waals surface area contributed by atoms with Gasteiger partial charge in [-0.1, -0.05) is 71.1 Å². The fourth-order valence-corrected chi connectivity index (χ4v) is 3.96. The normalized spacial score (nSPS) is 35.8. The SMILES string of the molecule is CC1CCCCC1C1CCCCCCC1. The van der Waals surface area contributed by atoms with Crippen LogP contribution in [-0.2, 0) is 0 Å². The van der Waals surface area contributed by atoms with Crippen molar-refractivity contribution in [2.24, 2.45) is 17.8 Å². The van der Waals surface area contributed by atoms with Crippen LogP contribution in [-0.4, -0.2) is 0 Å². The lowest BCUT2D eigenvalue weighted by molar-refractivity contribution is 0.148. The van der Waals surface area contributed by atoms with Crippen LogP contribution in [0.5, 0.6) is 0 Å². The summed E-state index contributed by atoms with van der Waals surface area (Å²) in [5.41, 5.74) is 0. The molecule has 0 N–H and O–H groups in total. The summed E-state index contributed by atoms with van der Waals surface area (Å²) < 4.78 is 0. The molecule has 88 valence electrons. The van der Waals surface area contributed by atoms with E-state index in [0.29, 0.717) is 0 Å². The van der Waals surface area contributed by atoms with Crippen molar-refractivity contribution in [1.29, 1.82) is 0 Å². The molecule has 0 amide bonds. The van der Waals surface area contributed by atoms with E-state index in [2.05, 4.69) is 6.92 Å². The molecule has 2 rings (SSSR count). The second-order valence-corrected chi connectivity index (χ2v) is 6.03. The standard InChI is InChI=1S/C15H28/c1-13-9-7-8-12-15(13)14-10-5-3-2-4-6-11-14/h13-15H,2-12H2,1H3. The van der Waals surface area contributed by atoms with Crippen molar-refractivity contribution in [3.8, 4) is 0 Å². The van der Waals surface area contributed by atoms with E-state index in [1.165, 1.54) is 51.4 Å². The lowest BCUT2D eigenvalue weighted by Crippen LogP contribution is -2.25. The summed E-state index contributed by atoms with van der Waals surface area (Å²) in [4.78, 5) is 0. The predicted octanol–water partition coefficient (Wildman–Crippen LogP) is 5.17. The minimum Gasteiger partial charge on any atom is -0.0622 e. The highest BCUT2D eigenvalue weighted by Crippen LogP contribution is 2.40. The predicted molar refractivity (Wildman–Crippen MR) is 66.9 cm³/mol. The molecule has 0 heteroatoms. The summed E-state index contributed by atoms with van der Waals surface area (Å²) in [7, 11) is 0. The smallest absolute Gasteiger partial charge is 0.0360 e. The van der Waals surface area contributed by atoms with Gasteiger partial charge in [0, 0.05) is 0 Å². The minimum atomic E-state index is 1.03. The summed E-state index contributed by atoms with van der Waals surface area (Å²) in [6.07, 6.45) is 16.8. The quantitative estimate of drug-likeness (QED) is 0.557. The Bertz CT molecular complexity index is 165. The monoisotopic (exact) mass is 208 g/mol. The molecule has 0 aliphatic heterocycles. The van der Waals surface area contributed by atoms with Gasteiger partial charge in [0.25, 0.3) is 0 Å². The first-order chi connectivity index (χ1) is 7.38. The Morgan fingerprint density at radius 2 is 1.13 bits per heavy atom. The second-order valence-electron chi connectivity index (χ2n) is 6.03. The van der Waals surface area contributed by atoms with Gasteiger partial charge >= 0.3 is 0 Å². The lowest BCUT2D eigenvalue weighted by Gasteiger charge is -2.36. The Labute approximate surface area is 95.8 Å². The van der Waals surface area contributed by atoms with Crippen LogP contribution < -0.4 is 0 Å². The van der Waals surface area contributed by atoms with Gasteiger partial charge in [0.05, 0.1) is 0 Å². The molecule has 0 heterocycles. The largest absolute Gasteiger partial charge is 0.0622 e. The molecule has 0 nitrogen and oxygen atoms in total. The van der Waals surface area contributed by atoms with Crippen molar-refractivity contribution in [3.05, 3.63) is 0 Å². The molecule has 2 fully saturated rings. The van der Waals surface area contributed by atoms with E-state index in [1.807, 2.05) is 0 Å². The van der Waals surface area contributed by atoms with E-state index >= 15 is 0 Å². The van der Waals surface area contributed by atoms with Crippen molar-refractivity contribution in [3.63, 3.8) is 0 Å². The average Bonchev–Trinajstić information content (AvgIpc) is 2.19. The molecule has 0 aromatic rings. The Hall–Kier alpha value is 0. The topological polar surface area (TPSA) is 0 Å². The molecule has 15 heavy (non-hydrogen) atoms. The van der Waals surface area contributed by atoms with Gasteiger partial charge in [-0.05, 0) is 24.2 Å². The third-order valence-electron chi connectivity index (χ3n) is 4.93. The molecule has 0 aromatic carbocycles. The Kier molecular flexibility index (Phi) is 4.53. The Morgan fingerprint density at radius 1 is 0.600 bits per heavy atom. The number of hydrogen-bond acceptors (Lipinski definition) is 0. The van der Waals surface area contributed by atoms with Crippen molar-refractivity contribution < 1.29 is 0 Å². The van der Waals surface area contributed by atoms with Crippen molar-refractivity contribution in [1.82, 2.24) is 0 Å². The van der Waals surface area contributed by atoms with Crippen LogP contribution in [0.25, 0.3) is 0 Å². The van der Waals surface area contributed by atoms with E-state index in [-0.39, 0.29) is 0 Å². The molecular formula is C15H28. The van der Waals surface area contributed by atoms with E-state index < -0.39 is 0 Å². The van der Waals surface area contributed by atoms with Crippen LogP contribution in [0.15, 0.2) is 0 Å². The van der Waals surface area contributed by atoms with Crippen LogP contribution >= 0.6 is 0 Å².